The van der Waals surface area contributed by atoms with E-state index in [2.05, 4.69) is 24.0 Å². The summed E-state index contributed by atoms with van der Waals surface area (Å²) in [6.07, 6.45) is 5.37. The highest BCUT2D eigenvalue weighted by Gasteiger charge is 2.18. The van der Waals surface area contributed by atoms with Crippen LogP contribution in [0.25, 0.3) is 0 Å². The fraction of sp³-hybridized carbons (Fsp3) is 0.625. The maximum absolute atomic E-state index is 5.99. The summed E-state index contributed by atoms with van der Waals surface area (Å²) >= 11 is 0. The van der Waals surface area contributed by atoms with Crippen LogP contribution in [0.15, 0.2) is 18.2 Å². The van der Waals surface area contributed by atoms with Crippen LogP contribution in [0.5, 0.6) is 5.75 Å². The first-order valence-corrected chi connectivity index (χ1v) is 7.40. The lowest BCUT2D eigenvalue weighted by Gasteiger charge is -2.30. The molecule has 1 aliphatic rings. The van der Waals surface area contributed by atoms with E-state index in [0.29, 0.717) is 6.04 Å². The normalized spacial score (nSPS) is 20.4. The summed E-state index contributed by atoms with van der Waals surface area (Å²) < 4.78 is 5.79. The van der Waals surface area contributed by atoms with Crippen molar-refractivity contribution in [1.29, 1.82) is 0 Å². The molecule has 1 fully saturated rings. The van der Waals surface area contributed by atoms with Gasteiger partial charge in [0.25, 0.3) is 0 Å². The third-order valence-electron chi connectivity index (χ3n) is 3.74. The van der Waals surface area contributed by atoms with E-state index in [-0.39, 0.29) is 6.10 Å². The van der Waals surface area contributed by atoms with Gasteiger partial charge in [-0.3, -0.25) is 0 Å². The van der Waals surface area contributed by atoms with E-state index >= 15 is 0 Å². The maximum atomic E-state index is 5.99. The molecule has 19 heavy (non-hydrogen) atoms. The van der Waals surface area contributed by atoms with Gasteiger partial charge in [-0.2, -0.15) is 0 Å². The molecule has 1 saturated heterocycles. The molecule has 3 heteroatoms. The van der Waals surface area contributed by atoms with Crippen LogP contribution in [0.4, 0.5) is 11.4 Å². The van der Waals surface area contributed by atoms with Crippen molar-refractivity contribution in [2.24, 2.45) is 0 Å². The number of nitrogens with two attached hydrogens (primary N) is 1. The SMILES string of the molecule is CC(C)Oc1cc(N2CCCCCC2C)ccc1N. The monoisotopic (exact) mass is 262 g/mol. The quantitative estimate of drug-likeness (QED) is 0.841. The molecule has 1 atom stereocenters. The number of hydrogen-bond acceptors (Lipinski definition) is 3. The van der Waals surface area contributed by atoms with E-state index in [1.54, 1.807) is 0 Å². The minimum Gasteiger partial charge on any atom is -0.489 e. The fourth-order valence-electron chi connectivity index (χ4n) is 2.72. The maximum Gasteiger partial charge on any atom is 0.144 e. The number of benzene rings is 1. The van der Waals surface area contributed by atoms with E-state index in [9.17, 15) is 0 Å². The van der Waals surface area contributed by atoms with E-state index in [0.717, 1.165) is 18.0 Å². The summed E-state index contributed by atoms with van der Waals surface area (Å²) in [5.74, 6) is 0.809. The van der Waals surface area contributed by atoms with Gasteiger partial charge in [-0.05, 0) is 45.7 Å². The van der Waals surface area contributed by atoms with Crippen molar-refractivity contribution in [2.75, 3.05) is 17.2 Å². The first-order valence-electron chi connectivity index (χ1n) is 7.40. The zero-order valence-electron chi connectivity index (χ0n) is 12.4. The number of nitrogens with zero attached hydrogens (tertiary/aromatic N) is 1. The lowest BCUT2D eigenvalue weighted by atomic mass is 10.1. The summed E-state index contributed by atoms with van der Waals surface area (Å²) in [5, 5.41) is 0. The number of anilines is 2. The highest BCUT2D eigenvalue weighted by atomic mass is 16.5. The highest BCUT2D eigenvalue weighted by Crippen LogP contribution is 2.31. The van der Waals surface area contributed by atoms with E-state index in [1.807, 2.05) is 19.9 Å². The van der Waals surface area contributed by atoms with Crippen LogP contribution in [0.1, 0.15) is 46.5 Å². The zero-order valence-corrected chi connectivity index (χ0v) is 12.4. The van der Waals surface area contributed by atoms with E-state index in [1.165, 1.54) is 31.4 Å². The van der Waals surface area contributed by atoms with E-state index < -0.39 is 0 Å². The largest absolute Gasteiger partial charge is 0.489 e. The molecule has 0 aromatic heterocycles. The molecule has 0 spiro atoms. The topological polar surface area (TPSA) is 38.5 Å². The molecule has 3 nitrogen and oxygen atoms in total. The molecule has 1 unspecified atom stereocenters. The first kappa shape index (κ1) is 14.0. The lowest BCUT2D eigenvalue weighted by Crippen LogP contribution is -2.32. The van der Waals surface area contributed by atoms with Gasteiger partial charge in [-0.15, -0.1) is 0 Å². The molecule has 1 aromatic carbocycles. The molecule has 1 aliphatic heterocycles. The van der Waals surface area contributed by atoms with Crippen LogP contribution in [0, 0.1) is 0 Å². The van der Waals surface area contributed by atoms with Crippen LogP contribution in [-0.2, 0) is 0 Å². The summed E-state index contributed by atoms with van der Waals surface area (Å²) in [6, 6.07) is 6.77. The van der Waals surface area contributed by atoms with Gasteiger partial charge in [0.2, 0.25) is 0 Å². The molecule has 0 saturated carbocycles. The Morgan fingerprint density at radius 3 is 2.79 bits per heavy atom. The number of hydrogen-bond donors (Lipinski definition) is 1. The fourth-order valence-corrected chi connectivity index (χ4v) is 2.72. The molecule has 0 amide bonds. The first-order chi connectivity index (χ1) is 9.08. The van der Waals surface area contributed by atoms with Gasteiger partial charge in [0.05, 0.1) is 11.8 Å². The zero-order chi connectivity index (χ0) is 13.8. The lowest BCUT2D eigenvalue weighted by molar-refractivity contribution is 0.244. The average molecular weight is 262 g/mol. The summed E-state index contributed by atoms with van der Waals surface area (Å²) in [7, 11) is 0. The molecule has 1 aromatic rings. The van der Waals surface area contributed by atoms with Crippen LogP contribution in [-0.4, -0.2) is 18.7 Å². The van der Waals surface area contributed by atoms with Crippen LogP contribution >= 0.6 is 0 Å². The Balaban J connectivity index is 2.23. The molecule has 0 aliphatic carbocycles. The molecule has 106 valence electrons. The molecule has 0 radical (unpaired) electrons. The Labute approximate surface area is 116 Å². The molecule has 0 bridgehead atoms. The second-order valence-electron chi connectivity index (χ2n) is 5.78. The third kappa shape index (κ3) is 3.55. The standard InChI is InChI=1S/C16H26N2O/c1-12(2)19-16-11-14(8-9-15(16)17)18-10-6-4-5-7-13(18)3/h8-9,11-13H,4-7,10,17H2,1-3H3. The smallest absolute Gasteiger partial charge is 0.144 e. The highest BCUT2D eigenvalue weighted by molar-refractivity contribution is 5.62. The van der Waals surface area contributed by atoms with Crippen molar-refractivity contribution < 1.29 is 4.74 Å². The minimum absolute atomic E-state index is 0.152. The van der Waals surface area contributed by atoms with Gasteiger partial charge in [-0.1, -0.05) is 12.8 Å². The molecular formula is C16H26N2O. The predicted molar refractivity (Wildman–Crippen MR) is 81.9 cm³/mol. The molecule has 2 rings (SSSR count). The Hall–Kier alpha value is -1.38. The predicted octanol–water partition coefficient (Wildman–Crippen LogP) is 3.82. The van der Waals surface area contributed by atoms with Gasteiger partial charge < -0.3 is 15.4 Å². The van der Waals surface area contributed by atoms with Crippen molar-refractivity contribution in [1.82, 2.24) is 0 Å². The second-order valence-corrected chi connectivity index (χ2v) is 5.78. The van der Waals surface area contributed by atoms with Gasteiger partial charge in [0, 0.05) is 24.3 Å². The average Bonchev–Trinajstić information content (AvgIpc) is 2.56. The van der Waals surface area contributed by atoms with Gasteiger partial charge >= 0.3 is 0 Å². The Morgan fingerprint density at radius 2 is 2.05 bits per heavy atom. The van der Waals surface area contributed by atoms with Crippen molar-refractivity contribution >= 4 is 11.4 Å². The molecule has 1 heterocycles. The number of rotatable bonds is 3. The third-order valence-corrected chi connectivity index (χ3v) is 3.74. The van der Waals surface area contributed by atoms with E-state index in [4.69, 9.17) is 10.5 Å². The van der Waals surface area contributed by atoms with Crippen molar-refractivity contribution in [3.05, 3.63) is 18.2 Å². The van der Waals surface area contributed by atoms with Crippen molar-refractivity contribution in [3.63, 3.8) is 0 Å². The van der Waals surface area contributed by atoms with Crippen LogP contribution in [0.3, 0.4) is 0 Å². The Kier molecular flexibility index (Phi) is 4.56. The van der Waals surface area contributed by atoms with Crippen LogP contribution < -0.4 is 15.4 Å². The summed E-state index contributed by atoms with van der Waals surface area (Å²) in [5.41, 5.74) is 7.95. The van der Waals surface area contributed by atoms with Gasteiger partial charge in [0.15, 0.2) is 0 Å². The van der Waals surface area contributed by atoms with Crippen molar-refractivity contribution in [2.45, 2.75) is 58.6 Å². The molecule has 2 N–H and O–H groups in total. The van der Waals surface area contributed by atoms with Crippen LogP contribution in [0.2, 0.25) is 0 Å². The second kappa shape index (κ2) is 6.18. The number of nitrogen functional groups attached to an aromatic ring is 1. The van der Waals surface area contributed by atoms with Crippen molar-refractivity contribution in [3.8, 4) is 5.75 Å². The Morgan fingerprint density at radius 1 is 1.26 bits per heavy atom. The van der Waals surface area contributed by atoms with Gasteiger partial charge in [-0.25, -0.2) is 0 Å². The molecular weight excluding hydrogens is 236 g/mol. The minimum atomic E-state index is 0.152. The van der Waals surface area contributed by atoms with Gasteiger partial charge in [0.1, 0.15) is 5.75 Å². The summed E-state index contributed by atoms with van der Waals surface area (Å²) in [4.78, 5) is 2.49. The summed E-state index contributed by atoms with van der Waals surface area (Å²) in [6.45, 7) is 7.50. The Bertz CT molecular complexity index is 417. The number of ether oxygens (including phenoxy) is 1.